The van der Waals surface area contributed by atoms with E-state index in [4.69, 9.17) is 9.84 Å². The molecule has 2 unspecified atom stereocenters. The van der Waals surface area contributed by atoms with Gasteiger partial charge in [0.25, 0.3) is 0 Å². The second-order valence-electron chi connectivity index (χ2n) is 4.96. The van der Waals surface area contributed by atoms with Gasteiger partial charge in [-0.1, -0.05) is 0 Å². The Labute approximate surface area is 98.7 Å². The van der Waals surface area contributed by atoms with Crippen LogP contribution >= 0.6 is 0 Å². The minimum atomic E-state index is -1.40. The van der Waals surface area contributed by atoms with Crippen LogP contribution in [0.5, 0.6) is 0 Å². The molecule has 98 valence electrons. The number of nitrogens with zero attached hydrogens (tertiary/aromatic N) is 1. The highest BCUT2D eigenvalue weighted by molar-refractivity contribution is 5.69. The van der Waals surface area contributed by atoms with Crippen molar-refractivity contribution >= 4 is 12.2 Å². The standard InChI is InChI=1S/C10H17FN2O4/c1-10(2,3)17-8(14)12-7-5-13(9(15)16)4-6(7)11/h6-7H,4-5H2,1-3H3,(H,12,14)(H,15,16). The van der Waals surface area contributed by atoms with Gasteiger partial charge in [0.1, 0.15) is 11.8 Å². The summed E-state index contributed by atoms with van der Waals surface area (Å²) in [7, 11) is 0. The first-order valence-electron chi connectivity index (χ1n) is 5.30. The molecule has 1 saturated heterocycles. The molecule has 6 nitrogen and oxygen atoms in total. The fourth-order valence-electron chi connectivity index (χ4n) is 1.52. The molecule has 2 amide bonds. The molecule has 2 N–H and O–H groups in total. The molecule has 0 radical (unpaired) electrons. The minimum absolute atomic E-state index is 0.0598. The Hall–Kier alpha value is -1.53. The van der Waals surface area contributed by atoms with E-state index in [1.165, 1.54) is 0 Å². The molecule has 0 spiro atoms. The zero-order chi connectivity index (χ0) is 13.2. The molecule has 0 bridgehead atoms. The number of nitrogens with one attached hydrogen (secondary N) is 1. The van der Waals surface area contributed by atoms with Gasteiger partial charge in [-0.15, -0.1) is 0 Å². The molecule has 17 heavy (non-hydrogen) atoms. The van der Waals surface area contributed by atoms with E-state index in [-0.39, 0.29) is 13.1 Å². The van der Waals surface area contributed by atoms with E-state index < -0.39 is 30.0 Å². The zero-order valence-electron chi connectivity index (χ0n) is 10.1. The second kappa shape index (κ2) is 4.77. The van der Waals surface area contributed by atoms with Crippen LogP contribution in [0.4, 0.5) is 14.0 Å². The average Bonchev–Trinajstić information content (AvgIpc) is 2.44. The molecular weight excluding hydrogens is 231 g/mol. The molecule has 1 rings (SSSR count). The Morgan fingerprint density at radius 1 is 1.41 bits per heavy atom. The number of ether oxygens (including phenoxy) is 1. The van der Waals surface area contributed by atoms with Crippen molar-refractivity contribution in [3.05, 3.63) is 0 Å². The molecule has 1 aliphatic heterocycles. The SMILES string of the molecule is CC(C)(C)OC(=O)NC1CN(C(=O)O)CC1F. The van der Waals surface area contributed by atoms with Gasteiger partial charge in [0.05, 0.1) is 12.6 Å². The van der Waals surface area contributed by atoms with Crippen LogP contribution in [0.25, 0.3) is 0 Å². The van der Waals surface area contributed by atoms with Crippen LogP contribution in [-0.4, -0.2) is 53.1 Å². The monoisotopic (exact) mass is 248 g/mol. The maximum Gasteiger partial charge on any atom is 0.408 e. The summed E-state index contributed by atoms with van der Waals surface area (Å²) >= 11 is 0. The number of alkyl halides is 1. The van der Waals surface area contributed by atoms with Gasteiger partial charge in [0.15, 0.2) is 0 Å². The number of carbonyl (C=O) groups is 2. The van der Waals surface area contributed by atoms with E-state index in [0.29, 0.717) is 0 Å². The maximum absolute atomic E-state index is 13.4. The van der Waals surface area contributed by atoms with Gasteiger partial charge in [-0.05, 0) is 20.8 Å². The fourth-order valence-corrected chi connectivity index (χ4v) is 1.52. The number of amides is 2. The highest BCUT2D eigenvalue weighted by atomic mass is 19.1. The van der Waals surface area contributed by atoms with Gasteiger partial charge in [-0.25, -0.2) is 14.0 Å². The topological polar surface area (TPSA) is 78.9 Å². The molecule has 7 heteroatoms. The van der Waals surface area contributed by atoms with E-state index in [1.54, 1.807) is 20.8 Å². The maximum atomic E-state index is 13.4. The summed E-state index contributed by atoms with van der Waals surface area (Å²) in [4.78, 5) is 22.9. The van der Waals surface area contributed by atoms with Crippen molar-refractivity contribution in [1.29, 1.82) is 0 Å². The van der Waals surface area contributed by atoms with Crippen LogP contribution in [0.3, 0.4) is 0 Å². The smallest absolute Gasteiger partial charge is 0.408 e. The lowest BCUT2D eigenvalue weighted by molar-refractivity contribution is 0.0488. The predicted molar refractivity (Wildman–Crippen MR) is 57.7 cm³/mol. The number of halogens is 1. The van der Waals surface area contributed by atoms with Crippen molar-refractivity contribution in [2.75, 3.05) is 13.1 Å². The molecule has 0 aromatic heterocycles. The summed E-state index contributed by atoms with van der Waals surface area (Å²) < 4.78 is 18.4. The lowest BCUT2D eigenvalue weighted by Crippen LogP contribution is -2.44. The number of hydrogen-bond acceptors (Lipinski definition) is 3. The highest BCUT2D eigenvalue weighted by Gasteiger charge is 2.37. The Kier molecular flexibility index (Phi) is 3.79. The first-order chi connectivity index (χ1) is 7.69. The molecule has 1 aliphatic rings. The Balaban J connectivity index is 2.47. The van der Waals surface area contributed by atoms with Crippen LogP contribution in [0.2, 0.25) is 0 Å². The minimum Gasteiger partial charge on any atom is -0.465 e. The third kappa shape index (κ3) is 4.08. The first kappa shape index (κ1) is 13.5. The molecular formula is C10H17FN2O4. The zero-order valence-corrected chi connectivity index (χ0v) is 10.1. The molecule has 2 atom stereocenters. The first-order valence-corrected chi connectivity index (χ1v) is 5.30. The number of alkyl carbamates (subject to hydrolysis) is 1. The number of carboxylic acid groups (broad SMARTS) is 1. The number of rotatable bonds is 1. The van der Waals surface area contributed by atoms with Gasteiger partial charge >= 0.3 is 12.2 Å². The quantitative estimate of drug-likeness (QED) is 0.731. The van der Waals surface area contributed by atoms with E-state index in [2.05, 4.69) is 5.32 Å². The largest absolute Gasteiger partial charge is 0.465 e. The van der Waals surface area contributed by atoms with Crippen LogP contribution in [0.15, 0.2) is 0 Å². The van der Waals surface area contributed by atoms with E-state index in [1.807, 2.05) is 0 Å². The lowest BCUT2D eigenvalue weighted by atomic mass is 10.2. The molecule has 1 fully saturated rings. The van der Waals surface area contributed by atoms with Gasteiger partial charge in [0, 0.05) is 6.54 Å². The summed E-state index contributed by atoms with van der Waals surface area (Å²) in [5.41, 5.74) is -0.666. The molecule has 1 heterocycles. The lowest BCUT2D eigenvalue weighted by Gasteiger charge is -2.22. The third-order valence-corrected chi connectivity index (χ3v) is 2.22. The van der Waals surface area contributed by atoms with Gasteiger partial charge in [-0.2, -0.15) is 0 Å². The van der Waals surface area contributed by atoms with Crippen molar-refractivity contribution < 1.29 is 23.8 Å². The van der Waals surface area contributed by atoms with Crippen molar-refractivity contribution in [3.63, 3.8) is 0 Å². The van der Waals surface area contributed by atoms with Crippen molar-refractivity contribution in [1.82, 2.24) is 10.2 Å². The summed E-state index contributed by atoms with van der Waals surface area (Å²) in [5.74, 6) is 0. The number of likely N-dealkylation sites (tertiary alicyclic amines) is 1. The van der Waals surface area contributed by atoms with Crippen LogP contribution in [0, 0.1) is 0 Å². The van der Waals surface area contributed by atoms with Gasteiger partial charge in [0.2, 0.25) is 0 Å². The van der Waals surface area contributed by atoms with Gasteiger partial charge < -0.3 is 20.1 Å². The summed E-state index contributed by atoms with van der Waals surface area (Å²) in [6.45, 7) is 4.79. The van der Waals surface area contributed by atoms with Crippen LogP contribution < -0.4 is 5.32 Å². The molecule has 0 saturated carbocycles. The van der Waals surface area contributed by atoms with E-state index >= 15 is 0 Å². The Morgan fingerprint density at radius 3 is 2.41 bits per heavy atom. The fraction of sp³-hybridized carbons (Fsp3) is 0.800. The van der Waals surface area contributed by atoms with Crippen molar-refractivity contribution in [3.8, 4) is 0 Å². The Bertz CT molecular complexity index is 316. The third-order valence-electron chi connectivity index (χ3n) is 2.22. The summed E-state index contributed by atoms with van der Waals surface area (Å²) in [5, 5.41) is 11.0. The summed E-state index contributed by atoms with van der Waals surface area (Å²) in [6, 6.07) is -0.846. The van der Waals surface area contributed by atoms with Crippen LogP contribution in [-0.2, 0) is 4.74 Å². The van der Waals surface area contributed by atoms with E-state index in [9.17, 15) is 14.0 Å². The normalized spacial score (nSPS) is 24.6. The Morgan fingerprint density at radius 2 is 2.00 bits per heavy atom. The van der Waals surface area contributed by atoms with Crippen molar-refractivity contribution in [2.45, 2.75) is 38.6 Å². The van der Waals surface area contributed by atoms with Crippen molar-refractivity contribution in [2.24, 2.45) is 0 Å². The molecule has 0 aliphatic carbocycles. The average molecular weight is 248 g/mol. The van der Waals surface area contributed by atoms with Gasteiger partial charge in [-0.3, -0.25) is 0 Å². The molecule has 0 aromatic carbocycles. The second-order valence-corrected chi connectivity index (χ2v) is 4.96. The predicted octanol–water partition coefficient (Wildman–Crippen LogP) is 1.21. The highest BCUT2D eigenvalue weighted by Crippen LogP contribution is 2.14. The summed E-state index contributed by atoms with van der Waals surface area (Å²) in [6.07, 6.45) is -3.34. The molecule has 0 aromatic rings. The van der Waals surface area contributed by atoms with Crippen LogP contribution in [0.1, 0.15) is 20.8 Å². The number of carbonyl (C=O) groups excluding carboxylic acids is 1. The van der Waals surface area contributed by atoms with E-state index in [0.717, 1.165) is 4.90 Å². The number of hydrogen-bond donors (Lipinski definition) is 2.